The summed E-state index contributed by atoms with van der Waals surface area (Å²) in [4.78, 5) is 13.6. The highest BCUT2D eigenvalue weighted by Gasteiger charge is 2.30. The average Bonchev–Trinajstić information content (AvgIpc) is 2.83. The van der Waals surface area contributed by atoms with Crippen LogP contribution in [0.5, 0.6) is 11.5 Å². The Morgan fingerprint density at radius 2 is 1.58 bits per heavy atom. The first-order valence-electron chi connectivity index (χ1n) is 10.5. The van der Waals surface area contributed by atoms with Gasteiger partial charge in [-0.05, 0) is 55.5 Å². The van der Waals surface area contributed by atoms with Gasteiger partial charge in [0, 0.05) is 44.1 Å². The van der Waals surface area contributed by atoms with Crippen LogP contribution in [-0.2, 0) is 0 Å². The van der Waals surface area contributed by atoms with Gasteiger partial charge in [-0.3, -0.25) is 9.88 Å². The maximum absolute atomic E-state index is 10.4. The van der Waals surface area contributed by atoms with Crippen molar-refractivity contribution in [1.82, 2.24) is 14.9 Å². The summed E-state index contributed by atoms with van der Waals surface area (Å²) in [5, 5.41) is 10.4. The number of hydrogen-bond donors (Lipinski definition) is 1. The minimum absolute atomic E-state index is 0.422. The number of aliphatic hydroxyl groups excluding tert-OH is 1. The van der Waals surface area contributed by atoms with Crippen LogP contribution >= 0.6 is 0 Å². The second-order valence-electron chi connectivity index (χ2n) is 7.54. The summed E-state index contributed by atoms with van der Waals surface area (Å²) in [6, 6.07) is 17.3. The smallest absolute Gasteiger partial charge is 0.178 e. The van der Waals surface area contributed by atoms with Crippen LogP contribution in [0, 0.1) is 0 Å². The van der Waals surface area contributed by atoms with Crippen LogP contribution in [0.2, 0.25) is 0 Å². The Kier molecular flexibility index (Phi) is 6.64. The van der Waals surface area contributed by atoms with Crippen molar-refractivity contribution in [2.24, 2.45) is 0 Å². The summed E-state index contributed by atoms with van der Waals surface area (Å²) in [7, 11) is 1.63. The van der Waals surface area contributed by atoms with Gasteiger partial charge in [0.1, 0.15) is 23.4 Å². The van der Waals surface area contributed by atoms with Crippen molar-refractivity contribution in [3.63, 3.8) is 0 Å². The Labute approximate surface area is 182 Å². The molecule has 1 saturated heterocycles. The molecule has 4 rings (SSSR count). The average molecular weight is 421 g/mol. The standard InChI is InChI=1S/C24H28N4O3/c1-18(29)24(31-20-10-8-19(30-2)9-11-20)28-16-14-27(15-17-28)23-21(6-5-13-26-23)22-7-3-4-12-25-22/h3-13,18,24,29H,14-17H2,1-2H3. The molecule has 2 unspecified atom stereocenters. The minimum atomic E-state index is -0.632. The normalized spacial score (nSPS) is 16.5. The number of rotatable bonds is 7. The maximum Gasteiger partial charge on any atom is 0.178 e. The van der Waals surface area contributed by atoms with Gasteiger partial charge in [0.25, 0.3) is 0 Å². The molecule has 1 fully saturated rings. The second-order valence-corrected chi connectivity index (χ2v) is 7.54. The van der Waals surface area contributed by atoms with E-state index in [1.54, 1.807) is 20.2 Å². The van der Waals surface area contributed by atoms with Crippen LogP contribution < -0.4 is 14.4 Å². The highest BCUT2D eigenvalue weighted by atomic mass is 16.5. The fraction of sp³-hybridized carbons (Fsp3) is 0.333. The van der Waals surface area contributed by atoms with Gasteiger partial charge in [0.15, 0.2) is 6.23 Å². The third kappa shape index (κ3) is 4.95. The monoisotopic (exact) mass is 420 g/mol. The summed E-state index contributed by atoms with van der Waals surface area (Å²) in [6.07, 6.45) is 2.56. The third-order valence-electron chi connectivity index (χ3n) is 5.43. The number of hydrogen-bond acceptors (Lipinski definition) is 7. The molecule has 162 valence electrons. The Balaban J connectivity index is 1.45. The first kappa shape index (κ1) is 21.1. The molecule has 1 aliphatic heterocycles. The van der Waals surface area contributed by atoms with Crippen molar-refractivity contribution in [1.29, 1.82) is 0 Å². The molecular formula is C24H28N4O3. The molecular weight excluding hydrogens is 392 g/mol. The molecule has 31 heavy (non-hydrogen) atoms. The van der Waals surface area contributed by atoms with Gasteiger partial charge in [0.05, 0.1) is 12.8 Å². The van der Waals surface area contributed by atoms with Gasteiger partial charge in [-0.2, -0.15) is 0 Å². The minimum Gasteiger partial charge on any atom is -0.497 e. The number of benzene rings is 1. The van der Waals surface area contributed by atoms with E-state index in [2.05, 4.69) is 25.8 Å². The van der Waals surface area contributed by atoms with Crippen molar-refractivity contribution in [3.05, 3.63) is 67.0 Å². The zero-order valence-electron chi connectivity index (χ0n) is 17.9. The zero-order chi connectivity index (χ0) is 21.6. The number of nitrogens with zero attached hydrogens (tertiary/aromatic N) is 4. The molecule has 1 aromatic carbocycles. The predicted molar refractivity (Wildman–Crippen MR) is 120 cm³/mol. The lowest BCUT2D eigenvalue weighted by Crippen LogP contribution is -2.55. The van der Waals surface area contributed by atoms with E-state index in [0.717, 1.165) is 49.0 Å². The van der Waals surface area contributed by atoms with E-state index in [0.29, 0.717) is 5.75 Å². The fourth-order valence-electron chi connectivity index (χ4n) is 3.83. The molecule has 0 aliphatic carbocycles. The van der Waals surface area contributed by atoms with Crippen LogP contribution in [0.4, 0.5) is 5.82 Å². The van der Waals surface area contributed by atoms with E-state index < -0.39 is 12.3 Å². The van der Waals surface area contributed by atoms with Crippen LogP contribution in [0.15, 0.2) is 67.0 Å². The molecule has 0 bridgehead atoms. The number of aromatic nitrogens is 2. The van der Waals surface area contributed by atoms with Crippen LogP contribution in [0.1, 0.15) is 6.92 Å². The molecule has 1 N–H and O–H groups in total. The molecule has 0 spiro atoms. The van der Waals surface area contributed by atoms with Crippen LogP contribution in [0.3, 0.4) is 0 Å². The molecule has 0 saturated carbocycles. The van der Waals surface area contributed by atoms with E-state index in [1.165, 1.54) is 0 Å². The largest absolute Gasteiger partial charge is 0.497 e. The van der Waals surface area contributed by atoms with Gasteiger partial charge in [-0.1, -0.05) is 6.07 Å². The van der Waals surface area contributed by atoms with E-state index in [-0.39, 0.29) is 0 Å². The molecule has 3 aromatic rings. The second kappa shape index (κ2) is 9.76. The lowest BCUT2D eigenvalue weighted by atomic mass is 10.1. The third-order valence-corrected chi connectivity index (χ3v) is 5.43. The molecule has 0 radical (unpaired) electrons. The molecule has 7 nitrogen and oxygen atoms in total. The van der Waals surface area contributed by atoms with Gasteiger partial charge >= 0.3 is 0 Å². The first-order valence-corrected chi connectivity index (χ1v) is 10.5. The van der Waals surface area contributed by atoms with Gasteiger partial charge in [-0.15, -0.1) is 0 Å². The number of anilines is 1. The summed E-state index contributed by atoms with van der Waals surface area (Å²) in [5.41, 5.74) is 1.94. The summed E-state index contributed by atoms with van der Waals surface area (Å²) in [5.74, 6) is 2.41. The van der Waals surface area contributed by atoms with Gasteiger partial charge < -0.3 is 19.5 Å². The molecule has 7 heteroatoms. The van der Waals surface area contributed by atoms with Gasteiger partial charge in [-0.25, -0.2) is 4.98 Å². The van der Waals surface area contributed by atoms with E-state index in [4.69, 9.17) is 9.47 Å². The summed E-state index contributed by atoms with van der Waals surface area (Å²) in [6.45, 7) is 4.84. The number of ether oxygens (including phenoxy) is 2. The van der Waals surface area contributed by atoms with Crippen molar-refractivity contribution in [3.8, 4) is 22.8 Å². The topological polar surface area (TPSA) is 71.0 Å². The van der Waals surface area contributed by atoms with Crippen molar-refractivity contribution < 1.29 is 14.6 Å². The Hall–Kier alpha value is -3.16. The SMILES string of the molecule is COc1ccc(OC(C(C)O)N2CCN(c3ncccc3-c3ccccn3)CC2)cc1. The Morgan fingerprint density at radius 3 is 2.23 bits per heavy atom. The molecule has 2 aromatic heterocycles. The summed E-state index contributed by atoms with van der Waals surface area (Å²) < 4.78 is 11.3. The number of piperazine rings is 1. The molecule has 2 atom stereocenters. The quantitative estimate of drug-likeness (QED) is 0.630. The Bertz CT molecular complexity index is 958. The van der Waals surface area contributed by atoms with E-state index in [9.17, 15) is 5.11 Å². The molecule has 3 heterocycles. The van der Waals surface area contributed by atoms with Crippen molar-refractivity contribution in [2.75, 3.05) is 38.2 Å². The van der Waals surface area contributed by atoms with Crippen molar-refractivity contribution >= 4 is 5.82 Å². The first-order chi connectivity index (χ1) is 15.2. The summed E-state index contributed by atoms with van der Waals surface area (Å²) >= 11 is 0. The Morgan fingerprint density at radius 1 is 0.871 bits per heavy atom. The predicted octanol–water partition coefficient (Wildman–Crippen LogP) is 3.06. The fourth-order valence-corrected chi connectivity index (χ4v) is 3.83. The zero-order valence-corrected chi connectivity index (χ0v) is 17.9. The van der Waals surface area contributed by atoms with Crippen LogP contribution in [0.25, 0.3) is 11.3 Å². The lowest BCUT2D eigenvalue weighted by molar-refractivity contribution is -0.0602. The van der Waals surface area contributed by atoms with Crippen molar-refractivity contribution in [2.45, 2.75) is 19.3 Å². The van der Waals surface area contributed by atoms with E-state index >= 15 is 0 Å². The molecule has 0 amide bonds. The number of aliphatic hydroxyl groups is 1. The number of pyridine rings is 2. The van der Waals surface area contributed by atoms with E-state index in [1.807, 2.05) is 54.7 Å². The number of methoxy groups -OCH3 is 1. The van der Waals surface area contributed by atoms with Gasteiger partial charge in [0.2, 0.25) is 0 Å². The molecule has 1 aliphatic rings. The lowest BCUT2D eigenvalue weighted by Gasteiger charge is -2.40. The highest BCUT2D eigenvalue weighted by Crippen LogP contribution is 2.28. The van der Waals surface area contributed by atoms with Crippen LogP contribution in [-0.4, -0.2) is 65.6 Å². The maximum atomic E-state index is 10.4. The highest BCUT2D eigenvalue weighted by molar-refractivity contribution is 5.73.